The topological polar surface area (TPSA) is 130 Å². The molecule has 2 aromatic heterocycles. The number of azo groups is 1. The zero-order valence-corrected chi connectivity index (χ0v) is 43.4. The van der Waals surface area contributed by atoms with E-state index < -0.39 is 5.56 Å². The molecular weight excluding hydrogens is 903 g/mol. The van der Waals surface area contributed by atoms with Gasteiger partial charge in [-0.3, -0.25) is 29.1 Å². The Kier molecular flexibility index (Phi) is 23.0. The van der Waals surface area contributed by atoms with Gasteiger partial charge in [-0.1, -0.05) is 202 Å². The third-order valence-corrected chi connectivity index (χ3v) is 14.1. The number of carbonyl (C=O) groups excluding carboxylic acids is 2. The van der Waals surface area contributed by atoms with Crippen LogP contribution in [0.3, 0.4) is 0 Å². The van der Waals surface area contributed by atoms with Gasteiger partial charge >= 0.3 is 5.56 Å². The zero-order chi connectivity index (χ0) is 48.1. The monoisotopic (exact) mass is 979 g/mol. The number of hydrogen-bond acceptors (Lipinski definition) is 7. The number of nitrogens with zero attached hydrogens (tertiary/aromatic N) is 6. The number of aryl methyl sites for hydroxylation is 3. The average Bonchev–Trinajstić information content (AvgIpc) is 3.86. The van der Waals surface area contributed by atoms with Crippen LogP contribution in [-0.2, 0) is 16.1 Å². The molecular formula is C53H77Cl3N8O3. The smallest absolute Gasteiger partial charge is 0.301 e. The third-order valence-electron chi connectivity index (χ3n) is 13.3. The fraction of sp³-hybridized carbons (Fsp3) is 0.623. The second-order valence-electron chi connectivity index (χ2n) is 18.8. The Morgan fingerprint density at radius 1 is 0.672 bits per heavy atom. The first-order valence-electron chi connectivity index (χ1n) is 25.6. The molecule has 1 atom stereocenters. The molecule has 0 aliphatic carbocycles. The molecule has 0 spiro atoms. The number of aromatic amines is 1. The summed E-state index contributed by atoms with van der Waals surface area (Å²) < 4.78 is 3.17. The number of aromatic nitrogens is 4. The largest absolute Gasteiger partial charge is 0.338 e. The standard InChI is InChI=1S/C53H77Cl3N8O3/c1-6-8-10-12-14-16-17-18-19-20-21-22-23-24-26-28-30-41-34-47(65)63(52(41)66)43-32-31-38(3)46(37-43)57-51-49(53(67)64(61-51)50-44(55)35-42(54)36-45(50)56)59-58-48-39(4)60-62(40(48)5)33-29-27-25-15-13-11-9-7-2/h31-32,35-37,41,57,61H,6-30,33-34H2,1-5H3. The van der Waals surface area contributed by atoms with Gasteiger partial charge in [-0.05, 0) is 63.4 Å². The molecule has 1 aliphatic heterocycles. The fourth-order valence-corrected chi connectivity index (χ4v) is 10.2. The first-order valence-corrected chi connectivity index (χ1v) is 26.8. The first kappa shape index (κ1) is 54.0. The van der Waals surface area contributed by atoms with Crippen LogP contribution in [0.4, 0.5) is 28.6 Å². The summed E-state index contributed by atoms with van der Waals surface area (Å²) in [6.45, 7) is 11.0. The minimum absolute atomic E-state index is 0.0336. The molecule has 5 rings (SSSR count). The lowest BCUT2D eigenvalue weighted by molar-refractivity contribution is -0.122. The lowest BCUT2D eigenvalue weighted by Crippen LogP contribution is -2.30. The van der Waals surface area contributed by atoms with Crippen LogP contribution < -0.4 is 15.8 Å². The number of benzene rings is 2. The second-order valence-corrected chi connectivity index (χ2v) is 20.0. The minimum Gasteiger partial charge on any atom is -0.338 e. The van der Waals surface area contributed by atoms with Crippen LogP contribution in [0.1, 0.15) is 198 Å². The van der Waals surface area contributed by atoms with Crippen LogP contribution in [-0.4, -0.2) is 31.4 Å². The van der Waals surface area contributed by atoms with Crippen molar-refractivity contribution in [1.29, 1.82) is 0 Å². The summed E-state index contributed by atoms with van der Waals surface area (Å²) in [5.41, 5.74) is 3.57. The molecule has 1 fully saturated rings. The normalized spacial score (nSPS) is 14.1. The van der Waals surface area contributed by atoms with E-state index in [0.29, 0.717) is 34.2 Å². The maximum Gasteiger partial charge on any atom is 0.301 e. The predicted octanol–water partition coefficient (Wildman–Crippen LogP) is 17.1. The van der Waals surface area contributed by atoms with Crippen molar-refractivity contribution in [3.8, 4) is 5.69 Å². The highest BCUT2D eigenvalue weighted by molar-refractivity contribution is 6.40. The van der Waals surface area contributed by atoms with Crippen molar-refractivity contribution in [2.75, 3.05) is 10.2 Å². The first-order chi connectivity index (χ1) is 32.4. The molecule has 0 radical (unpaired) electrons. The number of nitrogens with one attached hydrogen (secondary N) is 2. The lowest BCUT2D eigenvalue weighted by Gasteiger charge is -2.18. The maximum absolute atomic E-state index is 14.3. The Morgan fingerprint density at radius 2 is 1.18 bits per heavy atom. The van der Waals surface area contributed by atoms with Gasteiger partial charge in [0.25, 0.3) is 0 Å². The van der Waals surface area contributed by atoms with Crippen molar-refractivity contribution >= 4 is 75.2 Å². The molecule has 1 aliphatic rings. The van der Waals surface area contributed by atoms with Gasteiger partial charge in [-0.25, -0.2) is 4.68 Å². The van der Waals surface area contributed by atoms with Gasteiger partial charge in [0.05, 0.1) is 27.1 Å². The van der Waals surface area contributed by atoms with E-state index in [1.54, 1.807) is 12.1 Å². The van der Waals surface area contributed by atoms with Crippen molar-refractivity contribution in [1.82, 2.24) is 19.6 Å². The van der Waals surface area contributed by atoms with Crippen LogP contribution in [0.15, 0.2) is 45.4 Å². The van der Waals surface area contributed by atoms with Crippen LogP contribution in [0.2, 0.25) is 15.1 Å². The van der Waals surface area contributed by atoms with E-state index >= 15 is 0 Å². The molecule has 2 amide bonds. The van der Waals surface area contributed by atoms with E-state index in [4.69, 9.17) is 39.9 Å². The Morgan fingerprint density at radius 3 is 1.73 bits per heavy atom. The number of unbranched alkanes of at least 4 members (excludes halogenated alkanes) is 22. The molecule has 14 heteroatoms. The highest BCUT2D eigenvalue weighted by Crippen LogP contribution is 2.37. The Hall–Kier alpha value is -3.93. The second kappa shape index (κ2) is 28.5. The van der Waals surface area contributed by atoms with E-state index in [0.717, 1.165) is 49.9 Å². The average molecular weight is 981 g/mol. The van der Waals surface area contributed by atoms with Crippen molar-refractivity contribution in [2.24, 2.45) is 16.1 Å². The number of hydrogen-bond donors (Lipinski definition) is 2. The summed E-state index contributed by atoms with van der Waals surface area (Å²) in [4.78, 5) is 42.8. The lowest BCUT2D eigenvalue weighted by atomic mass is 9.98. The Balaban J connectivity index is 1.22. The van der Waals surface area contributed by atoms with Crippen LogP contribution in [0.25, 0.3) is 5.69 Å². The number of carbonyl (C=O) groups is 2. The molecule has 2 N–H and O–H groups in total. The summed E-state index contributed by atoms with van der Waals surface area (Å²) in [6, 6.07) is 8.39. The number of amides is 2. The highest BCUT2D eigenvalue weighted by Gasteiger charge is 2.39. The molecule has 2 aromatic carbocycles. The van der Waals surface area contributed by atoms with E-state index in [9.17, 15) is 14.4 Å². The van der Waals surface area contributed by atoms with Crippen molar-refractivity contribution in [2.45, 2.75) is 208 Å². The molecule has 0 saturated carbocycles. The Labute approximate surface area is 415 Å². The van der Waals surface area contributed by atoms with Gasteiger partial charge in [0.1, 0.15) is 11.4 Å². The van der Waals surface area contributed by atoms with Crippen molar-refractivity contribution in [3.63, 3.8) is 0 Å². The van der Waals surface area contributed by atoms with Gasteiger partial charge in [0.2, 0.25) is 11.8 Å². The fourth-order valence-electron chi connectivity index (χ4n) is 9.21. The molecule has 11 nitrogen and oxygen atoms in total. The highest BCUT2D eigenvalue weighted by atomic mass is 35.5. The van der Waals surface area contributed by atoms with E-state index in [1.165, 1.54) is 144 Å². The Bertz CT molecular complexity index is 2260. The van der Waals surface area contributed by atoms with E-state index in [-0.39, 0.29) is 51.4 Å². The maximum atomic E-state index is 14.3. The number of anilines is 3. The van der Waals surface area contributed by atoms with Gasteiger partial charge in [-0.15, -0.1) is 10.2 Å². The van der Waals surface area contributed by atoms with Crippen molar-refractivity contribution in [3.05, 3.63) is 72.7 Å². The number of H-pyrrole nitrogens is 1. The number of rotatable bonds is 32. The summed E-state index contributed by atoms with van der Waals surface area (Å²) in [5, 5.41) is 20.9. The van der Waals surface area contributed by atoms with Gasteiger partial charge in [-0.2, -0.15) is 5.10 Å². The number of imide groups is 1. The molecule has 67 heavy (non-hydrogen) atoms. The van der Waals surface area contributed by atoms with Crippen LogP contribution >= 0.6 is 34.8 Å². The molecule has 3 heterocycles. The minimum atomic E-state index is -0.561. The van der Waals surface area contributed by atoms with Crippen molar-refractivity contribution < 1.29 is 9.59 Å². The molecule has 368 valence electrons. The van der Waals surface area contributed by atoms with E-state index in [1.807, 2.05) is 31.5 Å². The zero-order valence-electron chi connectivity index (χ0n) is 41.1. The third kappa shape index (κ3) is 16.1. The van der Waals surface area contributed by atoms with Crippen LogP contribution in [0, 0.1) is 26.7 Å². The quantitative estimate of drug-likeness (QED) is 0.0286. The summed E-state index contributed by atoms with van der Waals surface area (Å²) >= 11 is 19.5. The number of halogens is 3. The summed E-state index contributed by atoms with van der Waals surface area (Å²) in [5.74, 6) is -0.510. The molecule has 0 bridgehead atoms. The summed E-state index contributed by atoms with van der Waals surface area (Å²) in [6.07, 6.45) is 31.3. The summed E-state index contributed by atoms with van der Waals surface area (Å²) in [7, 11) is 0. The van der Waals surface area contributed by atoms with Gasteiger partial charge < -0.3 is 5.32 Å². The van der Waals surface area contributed by atoms with E-state index in [2.05, 4.69) is 34.5 Å². The van der Waals surface area contributed by atoms with Gasteiger partial charge in [0.15, 0.2) is 11.5 Å². The molecule has 4 aromatic rings. The predicted molar refractivity (Wildman–Crippen MR) is 279 cm³/mol. The SMILES string of the molecule is CCCCCCCCCCCCCCCCCCC1CC(=O)N(c2ccc(C)c(Nc3[nH]n(-c4c(Cl)cc(Cl)cc4Cl)c(=O)c3N=Nc3c(C)nn(CCCCCCCCCC)c3C)c2)C1=O. The molecule has 1 saturated heterocycles. The van der Waals surface area contributed by atoms with Crippen LogP contribution in [0.5, 0.6) is 0 Å². The molecule has 1 unspecified atom stereocenters. The van der Waals surface area contributed by atoms with Gasteiger partial charge in [0, 0.05) is 29.6 Å².